The predicted molar refractivity (Wildman–Crippen MR) is 143 cm³/mol. The summed E-state index contributed by atoms with van der Waals surface area (Å²) >= 11 is 7.59. The number of hydrogen-bond acceptors (Lipinski definition) is 4. The lowest BCUT2D eigenvalue weighted by atomic mass is 10.1. The van der Waals surface area contributed by atoms with E-state index in [9.17, 15) is 13.2 Å². The highest BCUT2D eigenvalue weighted by Crippen LogP contribution is 2.30. The molecule has 0 unspecified atom stereocenters. The van der Waals surface area contributed by atoms with E-state index in [-0.39, 0.29) is 18.9 Å². The molecule has 0 aliphatic rings. The molecule has 0 spiro atoms. The van der Waals surface area contributed by atoms with Gasteiger partial charge in [0.1, 0.15) is 0 Å². The van der Waals surface area contributed by atoms with Crippen molar-refractivity contribution in [3.05, 3.63) is 88.4 Å². The molecule has 0 bridgehead atoms. The SMILES string of the molecule is Cc1cccc(N(CCCC(=O)Nc2ccccc2SCc2ccc(Cl)cc2)S(C)(=O)=O)c1C. The van der Waals surface area contributed by atoms with Crippen molar-refractivity contribution < 1.29 is 13.2 Å². The zero-order chi connectivity index (χ0) is 24.7. The third-order valence-electron chi connectivity index (χ3n) is 5.48. The summed E-state index contributed by atoms with van der Waals surface area (Å²) in [5.41, 5.74) is 4.50. The van der Waals surface area contributed by atoms with Gasteiger partial charge in [-0.15, -0.1) is 11.8 Å². The van der Waals surface area contributed by atoms with E-state index in [0.29, 0.717) is 17.1 Å². The maximum Gasteiger partial charge on any atom is 0.232 e. The summed E-state index contributed by atoms with van der Waals surface area (Å²) in [4.78, 5) is 13.6. The van der Waals surface area contributed by atoms with Crippen LogP contribution in [0.5, 0.6) is 0 Å². The van der Waals surface area contributed by atoms with Crippen LogP contribution < -0.4 is 9.62 Å². The fraction of sp³-hybridized carbons (Fsp3) is 0.269. The van der Waals surface area contributed by atoms with E-state index in [1.165, 1.54) is 10.6 Å². The molecule has 0 fully saturated rings. The number of thioether (sulfide) groups is 1. The summed E-state index contributed by atoms with van der Waals surface area (Å²) in [5, 5.41) is 3.68. The molecule has 0 saturated heterocycles. The second-order valence-corrected chi connectivity index (χ2v) is 11.5. The Morgan fingerprint density at radius 3 is 2.41 bits per heavy atom. The number of halogens is 1. The number of amides is 1. The fourth-order valence-electron chi connectivity index (χ4n) is 3.50. The van der Waals surface area contributed by atoms with Gasteiger partial charge in [0.2, 0.25) is 15.9 Å². The molecule has 180 valence electrons. The standard InChI is InChI=1S/C26H29ClN2O3S2/c1-19-8-6-10-24(20(19)2)29(34(3,31)32)17-7-12-26(30)28-23-9-4-5-11-25(23)33-18-21-13-15-22(27)16-14-21/h4-6,8-11,13-16H,7,12,17-18H2,1-3H3,(H,28,30). The molecule has 0 heterocycles. The smallest absolute Gasteiger partial charge is 0.232 e. The van der Waals surface area contributed by atoms with Crippen molar-refractivity contribution in [2.24, 2.45) is 0 Å². The van der Waals surface area contributed by atoms with E-state index in [4.69, 9.17) is 11.6 Å². The van der Waals surface area contributed by atoms with Crippen LogP contribution in [-0.4, -0.2) is 27.1 Å². The number of hydrogen-bond donors (Lipinski definition) is 1. The molecule has 0 aromatic heterocycles. The van der Waals surface area contributed by atoms with Crippen molar-refractivity contribution in [1.29, 1.82) is 0 Å². The van der Waals surface area contributed by atoms with E-state index < -0.39 is 10.0 Å². The Balaban J connectivity index is 1.60. The van der Waals surface area contributed by atoms with Crippen LogP contribution in [0.4, 0.5) is 11.4 Å². The summed E-state index contributed by atoms with van der Waals surface area (Å²) < 4.78 is 26.2. The Hall–Kier alpha value is -2.48. The summed E-state index contributed by atoms with van der Waals surface area (Å²) in [5.74, 6) is 0.609. The number of sulfonamides is 1. The lowest BCUT2D eigenvalue weighted by molar-refractivity contribution is -0.116. The summed E-state index contributed by atoms with van der Waals surface area (Å²) in [6.45, 7) is 4.10. The van der Waals surface area contributed by atoms with Crippen LogP contribution in [0, 0.1) is 13.8 Å². The minimum Gasteiger partial charge on any atom is -0.325 e. The molecule has 3 aromatic rings. The minimum absolute atomic E-state index is 0.144. The van der Waals surface area contributed by atoms with Gasteiger partial charge in [-0.05, 0) is 67.3 Å². The number of anilines is 2. The van der Waals surface area contributed by atoms with Crippen LogP contribution in [0.15, 0.2) is 71.6 Å². The van der Waals surface area contributed by atoms with Crippen LogP contribution in [0.25, 0.3) is 0 Å². The third-order valence-corrected chi connectivity index (χ3v) is 8.06. The highest BCUT2D eigenvalue weighted by atomic mass is 35.5. The Morgan fingerprint density at radius 1 is 1.00 bits per heavy atom. The van der Waals surface area contributed by atoms with E-state index in [2.05, 4.69) is 5.32 Å². The molecule has 0 aliphatic carbocycles. The average molecular weight is 517 g/mol. The average Bonchev–Trinajstić information content (AvgIpc) is 2.79. The van der Waals surface area contributed by atoms with Gasteiger partial charge in [0.15, 0.2) is 0 Å². The quantitative estimate of drug-likeness (QED) is 0.315. The van der Waals surface area contributed by atoms with E-state index in [0.717, 1.165) is 33.0 Å². The zero-order valence-corrected chi connectivity index (χ0v) is 21.9. The number of para-hydroxylation sites is 1. The normalized spacial score (nSPS) is 11.3. The molecule has 5 nitrogen and oxygen atoms in total. The second-order valence-electron chi connectivity index (χ2n) is 8.12. The van der Waals surface area contributed by atoms with Crippen molar-refractivity contribution >= 4 is 50.7 Å². The van der Waals surface area contributed by atoms with E-state index in [1.807, 2.05) is 74.5 Å². The lowest BCUT2D eigenvalue weighted by Crippen LogP contribution is -2.32. The molecule has 1 N–H and O–H groups in total. The van der Waals surface area contributed by atoms with Gasteiger partial charge in [-0.1, -0.05) is 48.0 Å². The van der Waals surface area contributed by atoms with Crippen molar-refractivity contribution in [2.75, 3.05) is 22.4 Å². The van der Waals surface area contributed by atoms with Crippen LogP contribution in [0.2, 0.25) is 5.02 Å². The molecular formula is C26H29ClN2O3S2. The first-order valence-corrected chi connectivity index (χ1v) is 14.2. The number of carbonyl (C=O) groups is 1. The maximum atomic E-state index is 12.7. The Morgan fingerprint density at radius 2 is 1.71 bits per heavy atom. The molecule has 0 aliphatic heterocycles. The third kappa shape index (κ3) is 7.26. The number of nitrogens with one attached hydrogen (secondary N) is 1. The molecule has 34 heavy (non-hydrogen) atoms. The Kier molecular flexibility index (Phi) is 9.05. The van der Waals surface area contributed by atoms with Crippen LogP contribution in [-0.2, 0) is 20.6 Å². The van der Waals surface area contributed by atoms with Gasteiger partial charge < -0.3 is 5.32 Å². The van der Waals surface area contributed by atoms with Gasteiger partial charge in [0.05, 0.1) is 17.6 Å². The van der Waals surface area contributed by atoms with Gasteiger partial charge in [-0.2, -0.15) is 0 Å². The first-order chi connectivity index (χ1) is 16.1. The summed E-state index contributed by atoms with van der Waals surface area (Å²) in [7, 11) is -3.47. The number of rotatable bonds is 10. The van der Waals surface area contributed by atoms with Crippen LogP contribution in [0.1, 0.15) is 29.5 Å². The molecule has 8 heteroatoms. The molecule has 3 aromatic carbocycles. The van der Waals surface area contributed by atoms with Crippen LogP contribution in [0.3, 0.4) is 0 Å². The summed E-state index contributed by atoms with van der Waals surface area (Å²) in [6.07, 6.45) is 1.82. The molecule has 0 radical (unpaired) electrons. The fourth-order valence-corrected chi connectivity index (χ4v) is 5.61. The molecule has 1 amide bonds. The Labute approximate surface area is 211 Å². The lowest BCUT2D eigenvalue weighted by Gasteiger charge is -2.25. The first-order valence-electron chi connectivity index (χ1n) is 10.9. The zero-order valence-electron chi connectivity index (χ0n) is 19.5. The predicted octanol–water partition coefficient (Wildman–Crippen LogP) is 6.43. The van der Waals surface area contributed by atoms with E-state index in [1.54, 1.807) is 17.8 Å². The molecule has 0 saturated carbocycles. The highest BCUT2D eigenvalue weighted by molar-refractivity contribution is 7.98. The largest absolute Gasteiger partial charge is 0.325 e. The van der Waals surface area contributed by atoms with Gasteiger partial charge in [0.25, 0.3) is 0 Å². The second kappa shape index (κ2) is 11.8. The van der Waals surface area contributed by atoms with Crippen molar-refractivity contribution in [2.45, 2.75) is 37.3 Å². The summed E-state index contributed by atoms with van der Waals surface area (Å²) in [6, 6.07) is 21.0. The first kappa shape index (κ1) is 26.1. The van der Waals surface area contributed by atoms with E-state index >= 15 is 0 Å². The highest BCUT2D eigenvalue weighted by Gasteiger charge is 2.20. The van der Waals surface area contributed by atoms with Crippen molar-refractivity contribution in [1.82, 2.24) is 0 Å². The maximum absolute atomic E-state index is 12.7. The molecular weight excluding hydrogens is 488 g/mol. The van der Waals surface area contributed by atoms with Crippen LogP contribution >= 0.6 is 23.4 Å². The van der Waals surface area contributed by atoms with Crippen molar-refractivity contribution in [3.8, 4) is 0 Å². The molecule has 0 atom stereocenters. The molecule has 3 rings (SSSR count). The van der Waals surface area contributed by atoms with Crippen molar-refractivity contribution in [3.63, 3.8) is 0 Å². The Bertz CT molecular complexity index is 1250. The van der Waals surface area contributed by atoms with Gasteiger partial charge >= 0.3 is 0 Å². The minimum atomic E-state index is -3.47. The monoisotopic (exact) mass is 516 g/mol. The van der Waals surface area contributed by atoms with Gasteiger partial charge in [-0.25, -0.2) is 8.42 Å². The number of benzene rings is 3. The number of carbonyl (C=O) groups excluding carboxylic acids is 1. The number of nitrogens with zero attached hydrogens (tertiary/aromatic N) is 1. The van der Waals surface area contributed by atoms with Gasteiger partial charge in [0, 0.05) is 28.6 Å². The topological polar surface area (TPSA) is 66.5 Å². The van der Waals surface area contributed by atoms with Gasteiger partial charge in [-0.3, -0.25) is 9.10 Å². The number of aryl methyl sites for hydroxylation is 1.